The average Bonchev–Trinajstić information content (AvgIpc) is 3.30. The van der Waals surface area contributed by atoms with Gasteiger partial charge in [-0.3, -0.25) is 4.99 Å². The lowest BCUT2D eigenvalue weighted by Crippen LogP contribution is -2.38. The molecule has 1 aromatic heterocycles. The van der Waals surface area contributed by atoms with Crippen LogP contribution < -0.4 is 10.6 Å². The third-order valence-electron chi connectivity index (χ3n) is 5.41. The van der Waals surface area contributed by atoms with Gasteiger partial charge in [-0.25, -0.2) is 0 Å². The highest BCUT2D eigenvalue weighted by atomic mass is 127. The molecule has 0 spiro atoms. The zero-order valence-electron chi connectivity index (χ0n) is 17.7. The van der Waals surface area contributed by atoms with E-state index < -0.39 is 0 Å². The van der Waals surface area contributed by atoms with Gasteiger partial charge in [0.15, 0.2) is 5.96 Å². The maximum atomic E-state index is 5.73. The van der Waals surface area contributed by atoms with Crippen LogP contribution in [0.5, 0.6) is 0 Å². The van der Waals surface area contributed by atoms with Crippen molar-refractivity contribution in [3.63, 3.8) is 0 Å². The maximum absolute atomic E-state index is 5.73. The molecule has 1 unspecified atom stereocenters. The fourth-order valence-corrected chi connectivity index (χ4v) is 3.75. The molecule has 0 aliphatic carbocycles. The zero-order valence-corrected chi connectivity index (χ0v) is 20.0. The molecule has 2 N–H and O–H groups in total. The number of hydrogen-bond donors (Lipinski definition) is 2. The van der Waals surface area contributed by atoms with Crippen LogP contribution >= 0.6 is 24.0 Å². The molecule has 0 amide bonds. The van der Waals surface area contributed by atoms with Gasteiger partial charge in [-0.1, -0.05) is 6.42 Å². The van der Waals surface area contributed by atoms with Crippen molar-refractivity contribution in [3.05, 3.63) is 11.6 Å². The summed E-state index contributed by atoms with van der Waals surface area (Å²) in [6, 6.07) is 0. The summed E-state index contributed by atoms with van der Waals surface area (Å²) in [7, 11) is 1.81. The van der Waals surface area contributed by atoms with Gasteiger partial charge in [-0.05, 0) is 32.1 Å². The normalized spacial score (nSPS) is 19.3. The van der Waals surface area contributed by atoms with Crippen LogP contribution in [0.1, 0.15) is 50.2 Å². The Hall–Kier alpha value is -0.940. The second-order valence-electron chi connectivity index (χ2n) is 7.68. The standard InChI is InChI=1S/C20H36N6O2.HI/c1-21-20(23-11-6-13-27-15-17-9-14-28-16-17)22-10-5-8-19-25-24-18-7-3-2-4-12-26(18)19;/h17H,2-16H2,1H3,(H2,21,22,23);1H. The van der Waals surface area contributed by atoms with Crippen molar-refractivity contribution in [2.24, 2.45) is 10.9 Å². The Labute approximate surface area is 191 Å². The van der Waals surface area contributed by atoms with Gasteiger partial charge in [0.25, 0.3) is 0 Å². The number of rotatable bonds is 10. The monoisotopic (exact) mass is 520 g/mol. The minimum Gasteiger partial charge on any atom is -0.381 e. The van der Waals surface area contributed by atoms with Crippen LogP contribution in [0.15, 0.2) is 4.99 Å². The molecule has 2 aliphatic heterocycles. The van der Waals surface area contributed by atoms with E-state index in [1.165, 1.54) is 25.1 Å². The molecule has 1 fully saturated rings. The van der Waals surface area contributed by atoms with Crippen molar-refractivity contribution < 1.29 is 9.47 Å². The van der Waals surface area contributed by atoms with Crippen LogP contribution in [0.25, 0.3) is 0 Å². The highest BCUT2D eigenvalue weighted by Crippen LogP contribution is 2.15. The van der Waals surface area contributed by atoms with E-state index in [9.17, 15) is 0 Å². The van der Waals surface area contributed by atoms with E-state index in [0.717, 1.165) is 89.9 Å². The summed E-state index contributed by atoms with van der Waals surface area (Å²) in [5, 5.41) is 15.5. The van der Waals surface area contributed by atoms with E-state index in [2.05, 4.69) is 30.4 Å². The fourth-order valence-electron chi connectivity index (χ4n) is 3.75. The number of fused-ring (bicyclic) bond motifs is 1. The molecule has 166 valence electrons. The first-order valence-corrected chi connectivity index (χ1v) is 10.9. The molecule has 8 nitrogen and oxygen atoms in total. The van der Waals surface area contributed by atoms with E-state index in [4.69, 9.17) is 9.47 Å². The maximum Gasteiger partial charge on any atom is 0.190 e. The van der Waals surface area contributed by atoms with Gasteiger partial charge in [0.2, 0.25) is 0 Å². The second kappa shape index (κ2) is 14.1. The molecular formula is C20H37IN6O2. The first-order valence-electron chi connectivity index (χ1n) is 10.9. The van der Waals surface area contributed by atoms with Crippen LogP contribution in [0.3, 0.4) is 0 Å². The summed E-state index contributed by atoms with van der Waals surface area (Å²) < 4.78 is 13.4. The van der Waals surface area contributed by atoms with Crippen molar-refractivity contribution in [1.29, 1.82) is 0 Å². The largest absolute Gasteiger partial charge is 0.381 e. The lowest BCUT2D eigenvalue weighted by molar-refractivity contribution is 0.0888. The molecule has 0 radical (unpaired) electrons. The quantitative estimate of drug-likeness (QED) is 0.213. The third kappa shape index (κ3) is 8.37. The van der Waals surface area contributed by atoms with Gasteiger partial charge >= 0.3 is 0 Å². The van der Waals surface area contributed by atoms with Gasteiger partial charge in [0.05, 0.1) is 13.2 Å². The van der Waals surface area contributed by atoms with Crippen molar-refractivity contribution >= 4 is 29.9 Å². The van der Waals surface area contributed by atoms with E-state index in [1.54, 1.807) is 0 Å². The zero-order chi connectivity index (χ0) is 19.4. The van der Waals surface area contributed by atoms with Crippen LogP contribution in [-0.4, -0.2) is 67.3 Å². The molecule has 9 heteroatoms. The van der Waals surface area contributed by atoms with Gasteiger partial charge < -0.3 is 24.7 Å². The molecule has 3 heterocycles. The summed E-state index contributed by atoms with van der Waals surface area (Å²) in [5.74, 6) is 3.74. The second-order valence-corrected chi connectivity index (χ2v) is 7.68. The summed E-state index contributed by atoms with van der Waals surface area (Å²) in [5.41, 5.74) is 0. The van der Waals surface area contributed by atoms with Crippen LogP contribution in [0.2, 0.25) is 0 Å². The Morgan fingerprint density at radius 1 is 1.21 bits per heavy atom. The Balaban J connectivity index is 0.00000300. The molecule has 1 saturated heterocycles. The van der Waals surface area contributed by atoms with E-state index >= 15 is 0 Å². The molecular weight excluding hydrogens is 483 g/mol. The van der Waals surface area contributed by atoms with E-state index in [-0.39, 0.29) is 24.0 Å². The lowest BCUT2D eigenvalue weighted by Gasteiger charge is -2.13. The van der Waals surface area contributed by atoms with Crippen molar-refractivity contribution in [3.8, 4) is 0 Å². The van der Waals surface area contributed by atoms with Crippen LogP contribution in [-0.2, 0) is 28.9 Å². The summed E-state index contributed by atoms with van der Waals surface area (Å²) in [6.07, 6.45) is 8.92. The predicted octanol–water partition coefficient (Wildman–Crippen LogP) is 2.16. The Morgan fingerprint density at radius 3 is 2.86 bits per heavy atom. The molecule has 0 bridgehead atoms. The highest BCUT2D eigenvalue weighted by Gasteiger charge is 2.15. The number of halogens is 1. The average molecular weight is 520 g/mol. The fraction of sp³-hybridized carbons (Fsp3) is 0.850. The highest BCUT2D eigenvalue weighted by molar-refractivity contribution is 14.0. The third-order valence-corrected chi connectivity index (χ3v) is 5.41. The molecule has 1 aromatic rings. The minimum atomic E-state index is 0. The van der Waals surface area contributed by atoms with Gasteiger partial charge in [-0.15, -0.1) is 34.2 Å². The van der Waals surface area contributed by atoms with Crippen molar-refractivity contribution in [1.82, 2.24) is 25.4 Å². The van der Waals surface area contributed by atoms with Gasteiger partial charge in [0.1, 0.15) is 11.6 Å². The molecule has 3 rings (SSSR count). The Morgan fingerprint density at radius 2 is 2.07 bits per heavy atom. The van der Waals surface area contributed by atoms with Crippen LogP contribution in [0, 0.1) is 5.92 Å². The summed E-state index contributed by atoms with van der Waals surface area (Å²) >= 11 is 0. The number of nitrogens with zero attached hydrogens (tertiary/aromatic N) is 4. The number of guanidine groups is 1. The number of aryl methyl sites for hydroxylation is 2. The first kappa shape index (κ1) is 24.3. The number of aliphatic imine (C=N–C) groups is 1. The lowest BCUT2D eigenvalue weighted by atomic mass is 10.1. The summed E-state index contributed by atoms with van der Waals surface area (Å²) in [6.45, 7) is 6.14. The van der Waals surface area contributed by atoms with Crippen molar-refractivity contribution in [2.75, 3.05) is 46.6 Å². The summed E-state index contributed by atoms with van der Waals surface area (Å²) in [4.78, 5) is 4.29. The number of aromatic nitrogens is 3. The molecule has 0 saturated carbocycles. The van der Waals surface area contributed by atoms with Gasteiger partial charge in [-0.2, -0.15) is 0 Å². The van der Waals surface area contributed by atoms with E-state index in [0.29, 0.717) is 5.92 Å². The number of ether oxygens (including phenoxy) is 2. The smallest absolute Gasteiger partial charge is 0.190 e. The SMILES string of the molecule is CN=C(NCCCOCC1CCOC1)NCCCc1nnc2n1CCCCC2.I. The van der Waals surface area contributed by atoms with Crippen molar-refractivity contribution in [2.45, 2.75) is 57.9 Å². The topological polar surface area (TPSA) is 85.6 Å². The molecule has 2 aliphatic rings. The van der Waals surface area contributed by atoms with Crippen LogP contribution in [0.4, 0.5) is 0 Å². The molecule has 29 heavy (non-hydrogen) atoms. The Bertz CT molecular complexity index is 604. The van der Waals surface area contributed by atoms with Gasteiger partial charge in [0, 0.05) is 58.7 Å². The molecule has 0 aromatic carbocycles. The molecule has 1 atom stereocenters. The number of hydrogen-bond acceptors (Lipinski definition) is 5. The number of nitrogens with one attached hydrogen (secondary N) is 2. The first-order chi connectivity index (χ1) is 13.9. The predicted molar refractivity (Wildman–Crippen MR) is 125 cm³/mol. The Kier molecular flexibility index (Phi) is 11.9. The van der Waals surface area contributed by atoms with E-state index in [1.807, 2.05) is 7.05 Å². The minimum absolute atomic E-state index is 0.